The van der Waals surface area contributed by atoms with Gasteiger partial charge >= 0.3 is 0 Å². The van der Waals surface area contributed by atoms with Gasteiger partial charge in [-0.05, 0) is 38.0 Å². The molecule has 1 fully saturated rings. The van der Waals surface area contributed by atoms with Crippen LogP contribution >= 0.6 is 23.2 Å². The van der Waals surface area contributed by atoms with Gasteiger partial charge in [0.15, 0.2) is 0 Å². The Morgan fingerprint density at radius 2 is 2.14 bits per heavy atom. The van der Waals surface area contributed by atoms with E-state index in [2.05, 4.69) is 5.32 Å². The second kappa shape index (κ2) is 7.17. The molecule has 0 spiro atoms. The Bertz CT molecular complexity index is 664. The molecule has 5 nitrogen and oxygen atoms in total. The topological polar surface area (TPSA) is 66.5 Å². The zero-order chi connectivity index (χ0) is 16.3. The third-order valence-corrected chi connectivity index (χ3v) is 6.11. The lowest BCUT2D eigenvalue weighted by atomic mass is 9.99. The van der Waals surface area contributed by atoms with Crippen LogP contribution in [0.4, 0.5) is 5.69 Å². The summed E-state index contributed by atoms with van der Waals surface area (Å²) in [6, 6.07) is 4.81. The van der Waals surface area contributed by atoms with Crippen LogP contribution in [0.5, 0.6) is 0 Å². The summed E-state index contributed by atoms with van der Waals surface area (Å²) in [6.07, 6.45) is 1.32. The lowest BCUT2D eigenvalue weighted by Crippen LogP contribution is -2.44. The molecule has 1 aromatic carbocycles. The van der Waals surface area contributed by atoms with E-state index in [9.17, 15) is 13.2 Å². The van der Waals surface area contributed by atoms with E-state index in [1.165, 1.54) is 4.31 Å². The second-order valence-electron chi connectivity index (χ2n) is 5.21. The standard InChI is InChI=1S/C14H18Cl2N2O3S/c1-2-22(20,21)18-7-3-4-10(9-18)14(19)17-13-8-11(15)5-6-12(13)16/h5-6,8,10H,2-4,7,9H2,1H3,(H,17,19). The molecule has 1 atom stereocenters. The van der Waals surface area contributed by atoms with E-state index in [4.69, 9.17) is 23.2 Å². The number of nitrogens with zero attached hydrogens (tertiary/aromatic N) is 1. The number of hydrogen-bond donors (Lipinski definition) is 1. The first-order valence-corrected chi connectivity index (χ1v) is 9.43. The highest BCUT2D eigenvalue weighted by Gasteiger charge is 2.31. The fraction of sp³-hybridized carbons (Fsp3) is 0.500. The van der Waals surface area contributed by atoms with E-state index in [0.717, 1.165) is 0 Å². The van der Waals surface area contributed by atoms with Crippen molar-refractivity contribution in [2.24, 2.45) is 5.92 Å². The highest BCUT2D eigenvalue weighted by atomic mass is 35.5. The highest BCUT2D eigenvalue weighted by Crippen LogP contribution is 2.27. The molecule has 1 unspecified atom stereocenters. The smallest absolute Gasteiger partial charge is 0.228 e. The molecule has 1 heterocycles. The Morgan fingerprint density at radius 3 is 2.82 bits per heavy atom. The molecule has 0 saturated carbocycles. The van der Waals surface area contributed by atoms with Crippen LogP contribution in [-0.2, 0) is 14.8 Å². The van der Waals surface area contributed by atoms with E-state index in [1.54, 1.807) is 25.1 Å². The molecule has 0 aromatic heterocycles. The quantitative estimate of drug-likeness (QED) is 0.892. The average molecular weight is 365 g/mol. The minimum atomic E-state index is -3.27. The van der Waals surface area contributed by atoms with E-state index < -0.39 is 10.0 Å². The van der Waals surface area contributed by atoms with Crippen molar-refractivity contribution in [1.29, 1.82) is 0 Å². The molecule has 0 aliphatic carbocycles. The molecule has 122 valence electrons. The van der Waals surface area contributed by atoms with Crippen LogP contribution in [0.15, 0.2) is 18.2 Å². The molecule has 0 radical (unpaired) electrons. The van der Waals surface area contributed by atoms with Gasteiger partial charge in [0.2, 0.25) is 15.9 Å². The number of piperidine rings is 1. The van der Waals surface area contributed by atoms with Crippen molar-refractivity contribution < 1.29 is 13.2 Å². The number of anilines is 1. The number of halogens is 2. The van der Waals surface area contributed by atoms with E-state index >= 15 is 0 Å². The highest BCUT2D eigenvalue weighted by molar-refractivity contribution is 7.89. The van der Waals surface area contributed by atoms with Crippen molar-refractivity contribution in [3.63, 3.8) is 0 Å². The Hall–Kier alpha value is -0.820. The number of rotatable bonds is 4. The number of benzene rings is 1. The van der Waals surface area contributed by atoms with Gasteiger partial charge in [0, 0.05) is 18.1 Å². The van der Waals surface area contributed by atoms with Gasteiger partial charge in [0.25, 0.3) is 0 Å². The summed E-state index contributed by atoms with van der Waals surface area (Å²) in [5, 5.41) is 3.60. The number of amides is 1. The lowest BCUT2D eigenvalue weighted by molar-refractivity contribution is -0.120. The predicted octanol–water partition coefficient (Wildman–Crippen LogP) is 2.99. The molecule has 1 N–H and O–H groups in total. The molecular weight excluding hydrogens is 347 g/mol. The number of carbonyl (C=O) groups is 1. The second-order valence-corrected chi connectivity index (χ2v) is 8.31. The third-order valence-electron chi connectivity index (χ3n) is 3.70. The SMILES string of the molecule is CCS(=O)(=O)N1CCCC(C(=O)Nc2cc(Cl)ccc2Cl)C1. The number of carbonyl (C=O) groups excluding carboxylic acids is 1. The summed E-state index contributed by atoms with van der Waals surface area (Å²) in [5.74, 6) is -0.577. The maximum Gasteiger partial charge on any atom is 0.228 e. The average Bonchev–Trinajstić information content (AvgIpc) is 2.51. The molecule has 1 saturated heterocycles. The molecule has 22 heavy (non-hydrogen) atoms. The summed E-state index contributed by atoms with van der Waals surface area (Å²) in [6.45, 7) is 2.28. The zero-order valence-electron chi connectivity index (χ0n) is 12.2. The van der Waals surface area contributed by atoms with Gasteiger partial charge in [0.05, 0.1) is 22.4 Å². The summed E-state index contributed by atoms with van der Waals surface area (Å²) in [7, 11) is -3.27. The van der Waals surface area contributed by atoms with Crippen LogP contribution in [0.2, 0.25) is 10.0 Å². The fourth-order valence-electron chi connectivity index (χ4n) is 2.42. The molecule has 1 amide bonds. The Morgan fingerprint density at radius 1 is 1.41 bits per heavy atom. The van der Waals surface area contributed by atoms with Gasteiger partial charge in [-0.25, -0.2) is 12.7 Å². The summed E-state index contributed by atoms with van der Waals surface area (Å²) in [5.41, 5.74) is 0.439. The van der Waals surface area contributed by atoms with Gasteiger partial charge in [0.1, 0.15) is 0 Å². The monoisotopic (exact) mass is 364 g/mol. The predicted molar refractivity (Wildman–Crippen MR) is 88.8 cm³/mol. The van der Waals surface area contributed by atoms with Crippen LogP contribution in [0, 0.1) is 5.92 Å². The largest absolute Gasteiger partial charge is 0.324 e. The number of sulfonamides is 1. The number of hydrogen-bond acceptors (Lipinski definition) is 3. The normalized spacial score (nSPS) is 19.9. The van der Waals surface area contributed by atoms with E-state index in [1.807, 2.05) is 0 Å². The maximum absolute atomic E-state index is 12.4. The Kier molecular flexibility index (Phi) is 5.71. The van der Waals surface area contributed by atoms with E-state index in [-0.39, 0.29) is 24.1 Å². The molecule has 1 aromatic rings. The summed E-state index contributed by atoms with van der Waals surface area (Å²) >= 11 is 11.9. The molecule has 1 aliphatic rings. The van der Waals surface area contributed by atoms with Crippen molar-refractivity contribution in [2.45, 2.75) is 19.8 Å². The zero-order valence-corrected chi connectivity index (χ0v) is 14.5. The minimum absolute atomic E-state index is 0.0431. The first-order valence-electron chi connectivity index (χ1n) is 7.07. The van der Waals surface area contributed by atoms with Crippen LogP contribution < -0.4 is 5.32 Å². The van der Waals surface area contributed by atoms with Gasteiger partial charge in [-0.15, -0.1) is 0 Å². The van der Waals surface area contributed by atoms with Gasteiger partial charge in [-0.2, -0.15) is 0 Å². The van der Waals surface area contributed by atoms with Crippen LogP contribution in [0.25, 0.3) is 0 Å². The van der Waals surface area contributed by atoms with E-state index in [0.29, 0.717) is 35.1 Å². The van der Waals surface area contributed by atoms with Crippen LogP contribution in [0.1, 0.15) is 19.8 Å². The van der Waals surface area contributed by atoms with Crippen molar-refractivity contribution in [2.75, 3.05) is 24.2 Å². The first kappa shape index (κ1) is 17.5. The number of nitrogens with one attached hydrogen (secondary N) is 1. The summed E-state index contributed by atoms with van der Waals surface area (Å²) in [4.78, 5) is 12.4. The van der Waals surface area contributed by atoms with Gasteiger partial charge in [-0.3, -0.25) is 4.79 Å². The Balaban J connectivity index is 2.08. The van der Waals surface area contributed by atoms with Gasteiger partial charge < -0.3 is 5.32 Å². The van der Waals surface area contributed by atoms with Crippen LogP contribution in [-0.4, -0.2) is 37.5 Å². The Labute approximate surface area is 140 Å². The summed E-state index contributed by atoms with van der Waals surface area (Å²) < 4.78 is 25.3. The van der Waals surface area contributed by atoms with Crippen molar-refractivity contribution in [3.8, 4) is 0 Å². The minimum Gasteiger partial charge on any atom is -0.324 e. The molecular formula is C14H18Cl2N2O3S. The molecule has 1 aliphatic heterocycles. The van der Waals surface area contributed by atoms with Crippen molar-refractivity contribution >= 4 is 44.8 Å². The third kappa shape index (κ3) is 4.13. The van der Waals surface area contributed by atoms with Crippen molar-refractivity contribution in [3.05, 3.63) is 28.2 Å². The lowest BCUT2D eigenvalue weighted by Gasteiger charge is -2.31. The van der Waals surface area contributed by atoms with Crippen molar-refractivity contribution in [1.82, 2.24) is 4.31 Å². The molecule has 0 bridgehead atoms. The fourth-order valence-corrected chi connectivity index (χ4v) is 3.94. The van der Waals surface area contributed by atoms with Crippen LogP contribution in [0.3, 0.4) is 0 Å². The maximum atomic E-state index is 12.4. The van der Waals surface area contributed by atoms with Gasteiger partial charge in [-0.1, -0.05) is 23.2 Å². The molecule has 8 heteroatoms. The molecule has 2 rings (SSSR count). The first-order chi connectivity index (χ1) is 10.3.